The SMILES string of the molecule is Cc1ccn(-c2nc(NC3CCC(F)(F)CC3)cc(OC3CNC3)n2)n1. The maximum Gasteiger partial charge on any atom is 0.255 e. The molecule has 0 amide bonds. The van der Waals surface area contributed by atoms with Crippen molar-refractivity contribution in [2.24, 2.45) is 0 Å². The summed E-state index contributed by atoms with van der Waals surface area (Å²) in [5.74, 6) is -1.13. The summed E-state index contributed by atoms with van der Waals surface area (Å²) in [6.45, 7) is 3.44. The average Bonchev–Trinajstić information content (AvgIpc) is 3.00. The molecule has 1 saturated carbocycles. The molecule has 0 unspecified atom stereocenters. The third-order valence-electron chi connectivity index (χ3n) is 4.72. The van der Waals surface area contributed by atoms with Crippen LogP contribution in [-0.4, -0.2) is 50.9 Å². The molecule has 0 bridgehead atoms. The van der Waals surface area contributed by atoms with Gasteiger partial charge in [-0.25, -0.2) is 13.5 Å². The predicted molar refractivity (Wildman–Crippen MR) is 92.0 cm³/mol. The highest BCUT2D eigenvalue weighted by Crippen LogP contribution is 2.34. The van der Waals surface area contributed by atoms with E-state index in [4.69, 9.17) is 4.74 Å². The van der Waals surface area contributed by atoms with E-state index in [1.54, 1.807) is 16.9 Å². The summed E-state index contributed by atoms with van der Waals surface area (Å²) in [5, 5.41) is 10.7. The molecule has 4 rings (SSSR count). The van der Waals surface area contributed by atoms with Gasteiger partial charge in [-0.05, 0) is 25.8 Å². The molecule has 26 heavy (non-hydrogen) atoms. The first-order chi connectivity index (χ1) is 12.5. The van der Waals surface area contributed by atoms with Crippen LogP contribution >= 0.6 is 0 Å². The van der Waals surface area contributed by atoms with Gasteiger partial charge in [0, 0.05) is 44.2 Å². The summed E-state index contributed by atoms with van der Waals surface area (Å²) in [6.07, 6.45) is 2.49. The number of aromatic nitrogens is 4. The quantitative estimate of drug-likeness (QED) is 0.848. The Balaban J connectivity index is 1.55. The van der Waals surface area contributed by atoms with Crippen molar-refractivity contribution in [1.29, 1.82) is 0 Å². The number of halogens is 2. The fraction of sp³-hybridized carbons (Fsp3) is 0.588. The molecule has 1 aliphatic carbocycles. The summed E-state index contributed by atoms with van der Waals surface area (Å²) < 4.78 is 34.2. The lowest BCUT2D eigenvalue weighted by atomic mass is 9.92. The Labute approximate surface area is 150 Å². The second-order valence-electron chi connectivity index (χ2n) is 6.97. The molecule has 1 aliphatic heterocycles. The molecule has 0 atom stereocenters. The Morgan fingerprint density at radius 3 is 2.65 bits per heavy atom. The monoisotopic (exact) mass is 364 g/mol. The highest BCUT2D eigenvalue weighted by Gasteiger charge is 2.35. The van der Waals surface area contributed by atoms with Gasteiger partial charge in [0.15, 0.2) is 0 Å². The normalized spacial score (nSPS) is 20.6. The summed E-state index contributed by atoms with van der Waals surface area (Å²) in [6, 6.07) is 3.56. The Kier molecular flexibility index (Phi) is 4.47. The molecular weight excluding hydrogens is 342 g/mol. The van der Waals surface area contributed by atoms with E-state index < -0.39 is 5.92 Å². The Morgan fingerprint density at radius 2 is 2.04 bits per heavy atom. The first kappa shape index (κ1) is 17.1. The van der Waals surface area contributed by atoms with Crippen molar-refractivity contribution < 1.29 is 13.5 Å². The minimum atomic E-state index is -2.55. The number of hydrogen-bond donors (Lipinski definition) is 2. The molecule has 2 aromatic rings. The van der Waals surface area contributed by atoms with Crippen LogP contribution in [0.5, 0.6) is 5.88 Å². The highest BCUT2D eigenvalue weighted by atomic mass is 19.3. The lowest BCUT2D eigenvalue weighted by molar-refractivity contribution is -0.0361. The number of nitrogens with one attached hydrogen (secondary N) is 2. The van der Waals surface area contributed by atoms with Crippen molar-refractivity contribution in [2.45, 2.75) is 50.7 Å². The highest BCUT2D eigenvalue weighted by molar-refractivity contribution is 5.42. The number of aryl methyl sites for hydroxylation is 1. The van der Waals surface area contributed by atoms with Crippen LogP contribution in [0.15, 0.2) is 18.3 Å². The topological polar surface area (TPSA) is 76.9 Å². The van der Waals surface area contributed by atoms with Crippen LogP contribution in [0.4, 0.5) is 14.6 Å². The molecule has 0 aromatic carbocycles. The first-order valence-electron chi connectivity index (χ1n) is 8.90. The van der Waals surface area contributed by atoms with Gasteiger partial charge in [0.25, 0.3) is 5.95 Å². The minimum Gasteiger partial charge on any atom is -0.471 e. The molecule has 2 N–H and O–H groups in total. The maximum atomic E-state index is 13.4. The molecular formula is C17H22F2N6O. The lowest BCUT2D eigenvalue weighted by Crippen LogP contribution is -2.50. The number of rotatable bonds is 5. The Hall–Kier alpha value is -2.29. The van der Waals surface area contributed by atoms with E-state index in [0.29, 0.717) is 30.5 Å². The molecule has 3 heterocycles. The van der Waals surface area contributed by atoms with Crippen molar-refractivity contribution in [2.75, 3.05) is 18.4 Å². The fourth-order valence-electron chi connectivity index (χ4n) is 3.09. The average molecular weight is 364 g/mol. The third-order valence-corrected chi connectivity index (χ3v) is 4.72. The maximum absolute atomic E-state index is 13.4. The van der Waals surface area contributed by atoms with Gasteiger partial charge in [0.05, 0.1) is 5.69 Å². The van der Waals surface area contributed by atoms with Gasteiger partial charge in [-0.3, -0.25) is 0 Å². The number of hydrogen-bond acceptors (Lipinski definition) is 6. The van der Waals surface area contributed by atoms with E-state index in [1.165, 1.54) is 0 Å². The van der Waals surface area contributed by atoms with Gasteiger partial charge in [0.1, 0.15) is 11.9 Å². The summed E-state index contributed by atoms with van der Waals surface area (Å²) >= 11 is 0. The van der Waals surface area contributed by atoms with Gasteiger partial charge in [-0.15, -0.1) is 0 Å². The van der Waals surface area contributed by atoms with Gasteiger partial charge >= 0.3 is 0 Å². The zero-order chi connectivity index (χ0) is 18.1. The van der Waals surface area contributed by atoms with Crippen LogP contribution in [0, 0.1) is 6.92 Å². The minimum absolute atomic E-state index is 0.0325. The van der Waals surface area contributed by atoms with Gasteiger partial charge in [-0.2, -0.15) is 15.1 Å². The van der Waals surface area contributed by atoms with Crippen LogP contribution in [0.25, 0.3) is 5.95 Å². The molecule has 0 spiro atoms. The summed E-state index contributed by atoms with van der Waals surface area (Å²) in [5.41, 5.74) is 0.854. The molecule has 9 heteroatoms. The zero-order valence-corrected chi connectivity index (χ0v) is 14.6. The van der Waals surface area contributed by atoms with Gasteiger partial charge < -0.3 is 15.4 Å². The lowest BCUT2D eigenvalue weighted by Gasteiger charge is -2.30. The summed E-state index contributed by atoms with van der Waals surface area (Å²) in [7, 11) is 0. The molecule has 140 valence electrons. The largest absolute Gasteiger partial charge is 0.471 e. The summed E-state index contributed by atoms with van der Waals surface area (Å²) in [4.78, 5) is 8.93. The molecule has 0 radical (unpaired) electrons. The van der Waals surface area contributed by atoms with E-state index in [2.05, 4.69) is 25.7 Å². The van der Waals surface area contributed by atoms with Crippen LogP contribution in [-0.2, 0) is 0 Å². The third kappa shape index (κ3) is 3.92. The van der Waals surface area contributed by atoms with Crippen LogP contribution in [0.1, 0.15) is 31.4 Å². The first-order valence-corrected chi connectivity index (χ1v) is 8.90. The zero-order valence-electron chi connectivity index (χ0n) is 14.6. The van der Waals surface area contributed by atoms with Crippen LogP contribution in [0.2, 0.25) is 0 Å². The number of alkyl halides is 2. The fourth-order valence-corrected chi connectivity index (χ4v) is 3.09. The van der Waals surface area contributed by atoms with Crippen molar-refractivity contribution >= 4 is 5.82 Å². The standard InChI is InChI=1S/C17H22F2N6O/c1-11-4-7-25(24-11)16-22-14(8-15(23-16)26-13-9-20-10-13)21-12-2-5-17(18,19)6-3-12/h4,7-8,12-13,20H,2-3,5-6,9-10H2,1H3,(H,21,22,23). The molecule has 2 aromatic heterocycles. The Bertz CT molecular complexity index is 766. The van der Waals surface area contributed by atoms with Crippen molar-refractivity contribution in [1.82, 2.24) is 25.1 Å². The van der Waals surface area contributed by atoms with Gasteiger partial charge in [-0.1, -0.05) is 0 Å². The van der Waals surface area contributed by atoms with E-state index in [-0.39, 0.29) is 25.0 Å². The van der Waals surface area contributed by atoms with Crippen molar-refractivity contribution in [3.05, 3.63) is 24.0 Å². The smallest absolute Gasteiger partial charge is 0.255 e. The van der Waals surface area contributed by atoms with E-state index >= 15 is 0 Å². The van der Waals surface area contributed by atoms with Crippen molar-refractivity contribution in [3.8, 4) is 11.8 Å². The number of anilines is 1. The second-order valence-corrected chi connectivity index (χ2v) is 6.97. The van der Waals surface area contributed by atoms with Crippen molar-refractivity contribution in [3.63, 3.8) is 0 Å². The molecule has 2 fully saturated rings. The molecule has 2 aliphatic rings. The Morgan fingerprint density at radius 1 is 1.27 bits per heavy atom. The number of ether oxygens (including phenoxy) is 1. The number of nitrogens with zero attached hydrogens (tertiary/aromatic N) is 4. The second kappa shape index (κ2) is 6.79. The van der Waals surface area contributed by atoms with E-state index in [1.807, 2.05) is 13.0 Å². The molecule has 7 nitrogen and oxygen atoms in total. The van der Waals surface area contributed by atoms with E-state index in [0.717, 1.165) is 18.8 Å². The van der Waals surface area contributed by atoms with Gasteiger partial charge in [0.2, 0.25) is 11.8 Å². The predicted octanol–water partition coefficient (Wildman–Crippen LogP) is 2.31. The van der Waals surface area contributed by atoms with Crippen LogP contribution in [0.3, 0.4) is 0 Å². The van der Waals surface area contributed by atoms with E-state index in [9.17, 15) is 8.78 Å². The molecule has 1 saturated heterocycles. The van der Waals surface area contributed by atoms with Crippen LogP contribution < -0.4 is 15.4 Å².